The van der Waals surface area contributed by atoms with Crippen LogP contribution in [0.3, 0.4) is 0 Å². The predicted octanol–water partition coefficient (Wildman–Crippen LogP) is 1.50. The van der Waals surface area contributed by atoms with Gasteiger partial charge >= 0.3 is 0 Å². The summed E-state index contributed by atoms with van der Waals surface area (Å²) in [5, 5.41) is 0. The zero-order valence-electron chi connectivity index (χ0n) is 7.55. The summed E-state index contributed by atoms with van der Waals surface area (Å²) in [6.45, 7) is 9.71. The van der Waals surface area contributed by atoms with Gasteiger partial charge in [0.2, 0.25) is 0 Å². The monoisotopic (exact) mass is 189 g/mol. The highest BCUT2D eigenvalue weighted by atomic mass is 35.5. The van der Waals surface area contributed by atoms with Crippen LogP contribution in [-0.2, 0) is 4.74 Å². The van der Waals surface area contributed by atoms with E-state index in [0.29, 0.717) is 12.0 Å². The van der Waals surface area contributed by atoms with Crippen LogP contribution in [0, 0.1) is 0 Å². The minimum absolute atomic E-state index is 0.349. The molecule has 0 saturated carbocycles. The Morgan fingerprint density at radius 1 is 1.75 bits per heavy atom. The number of halogens is 1. The first-order valence-electron chi connectivity index (χ1n) is 4.29. The van der Waals surface area contributed by atoms with Gasteiger partial charge in [-0.2, -0.15) is 0 Å². The van der Waals surface area contributed by atoms with Crippen LogP contribution >= 0.6 is 11.6 Å². The van der Waals surface area contributed by atoms with Crippen molar-refractivity contribution in [3.8, 4) is 0 Å². The molecule has 1 unspecified atom stereocenters. The minimum atomic E-state index is 0.349. The van der Waals surface area contributed by atoms with Crippen LogP contribution in [0.5, 0.6) is 0 Å². The Bertz CT molecular complexity index is 161. The Morgan fingerprint density at radius 2 is 2.50 bits per heavy atom. The average Bonchev–Trinajstić information content (AvgIpc) is 2.04. The maximum absolute atomic E-state index is 5.65. The van der Waals surface area contributed by atoms with Crippen LogP contribution in [0.1, 0.15) is 6.92 Å². The lowest BCUT2D eigenvalue weighted by atomic mass is 10.2. The van der Waals surface area contributed by atoms with Crippen molar-refractivity contribution in [2.45, 2.75) is 13.0 Å². The summed E-state index contributed by atoms with van der Waals surface area (Å²) >= 11 is 5.65. The fraction of sp³-hybridized carbons (Fsp3) is 0.778. The molecule has 1 atom stereocenters. The summed E-state index contributed by atoms with van der Waals surface area (Å²) in [5.41, 5.74) is 1.09. The lowest BCUT2D eigenvalue weighted by Crippen LogP contribution is -2.41. The molecule has 0 amide bonds. The number of ether oxygens (including phenoxy) is 1. The van der Waals surface area contributed by atoms with Gasteiger partial charge in [-0.05, 0) is 12.5 Å². The Balaban J connectivity index is 2.27. The number of morpholine rings is 1. The van der Waals surface area contributed by atoms with Crippen LogP contribution in [-0.4, -0.2) is 43.1 Å². The SMILES string of the molecule is C=C(CCl)CN1CCOC(C)C1. The van der Waals surface area contributed by atoms with Crippen molar-refractivity contribution >= 4 is 11.6 Å². The van der Waals surface area contributed by atoms with E-state index < -0.39 is 0 Å². The van der Waals surface area contributed by atoms with Crippen molar-refractivity contribution in [1.29, 1.82) is 0 Å². The van der Waals surface area contributed by atoms with Gasteiger partial charge in [0.1, 0.15) is 0 Å². The van der Waals surface area contributed by atoms with Crippen LogP contribution in [0.15, 0.2) is 12.2 Å². The molecule has 0 aromatic rings. The maximum Gasteiger partial charge on any atom is 0.0674 e. The molecule has 0 aromatic heterocycles. The van der Waals surface area contributed by atoms with E-state index >= 15 is 0 Å². The summed E-state index contributed by atoms with van der Waals surface area (Å²) in [4.78, 5) is 2.33. The average molecular weight is 190 g/mol. The standard InChI is InChI=1S/C9H16ClNO/c1-8(5-10)6-11-3-4-12-9(2)7-11/h9H,1,3-7H2,2H3. The molecule has 0 bridgehead atoms. The van der Waals surface area contributed by atoms with E-state index in [9.17, 15) is 0 Å². The van der Waals surface area contributed by atoms with E-state index in [2.05, 4.69) is 18.4 Å². The highest BCUT2D eigenvalue weighted by Crippen LogP contribution is 2.06. The Kier molecular flexibility index (Phi) is 4.06. The fourth-order valence-corrected chi connectivity index (χ4v) is 1.48. The molecule has 70 valence electrons. The summed E-state index contributed by atoms with van der Waals surface area (Å²) < 4.78 is 5.42. The molecule has 1 saturated heterocycles. The molecule has 0 radical (unpaired) electrons. The Hall–Kier alpha value is -0.0500. The van der Waals surface area contributed by atoms with E-state index in [-0.39, 0.29) is 0 Å². The highest BCUT2D eigenvalue weighted by Gasteiger charge is 2.16. The molecule has 1 heterocycles. The largest absolute Gasteiger partial charge is 0.376 e. The second kappa shape index (κ2) is 4.85. The lowest BCUT2D eigenvalue weighted by molar-refractivity contribution is -0.0147. The number of alkyl halides is 1. The van der Waals surface area contributed by atoms with Gasteiger partial charge in [0.05, 0.1) is 12.7 Å². The molecule has 1 fully saturated rings. The van der Waals surface area contributed by atoms with Crippen molar-refractivity contribution < 1.29 is 4.74 Å². The molecule has 12 heavy (non-hydrogen) atoms. The van der Waals surface area contributed by atoms with Gasteiger partial charge in [-0.1, -0.05) is 6.58 Å². The van der Waals surface area contributed by atoms with E-state index in [1.54, 1.807) is 0 Å². The van der Waals surface area contributed by atoms with E-state index in [1.807, 2.05) is 0 Å². The van der Waals surface area contributed by atoms with Crippen LogP contribution < -0.4 is 0 Å². The lowest BCUT2D eigenvalue weighted by Gasteiger charge is -2.31. The molecule has 1 aliphatic heterocycles. The molecule has 1 rings (SSSR count). The first-order valence-corrected chi connectivity index (χ1v) is 4.82. The second-order valence-corrected chi connectivity index (χ2v) is 3.57. The Morgan fingerprint density at radius 3 is 3.08 bits per heavy atom. The molecule has 3 heteroatoms. The first kappa shape index (κ1) is 10.0. The van der Waals surface area contributed by atoms with Gasteiger partial charge in [0, 0.05) is 25.5 Å². The van der Waals surface area contributed by atoms with Crippen molar-refractivity contribution in [2.24, 2.45) is 0 Å². The molecule has 1 aliphatic rings. The van der Waals surface area contributed by atoms with Crippen LogP contribution in [0.4, 0.5) is 0 Å². The summed E-state index contributed by atoms with van der Waals surface area (Å²) in [7, 11) is 0. The van der Waals surface area contributed by atoms with E-state index in [0.717, 1.165) is 31.8 Å². The van der Waals surface area contributed by atoms with Crippen LogP contribution in [0.25, 0.3) is 0 Å². The third kappa shape index (κ3) is 3.13. The summed E-state index contributed by atoms with van der Waals surface area (Å²) in [6.07, 6.45) is 0.349. The van der Waals surface area contributed by atoms with Gasteiger partial charge in [-0.25, -0.2) is 0 Å². The quantitative estimate of drug-likeness (QED) is 0.493. The summed E-state index contributed by atoms with van der Waals surface area (Å²) in [6, 6.07) is 0. The Labute approximate surface area is 79.1 Å². The van der Waals surface area contributed by atoms with E-state index in [1.165, 1.54) is 0 Å². The fourth-order valence-electron chi connectivity index (χ4n) is 1.39. The van der Waals surface area contributed by atoms with Gasteiger partial charge in [0.15, 0.2) is 0 Å². The number of nitrogens with zero attached hydrogens (tertiary/aromatic N) is 1. The van der Waals surface area contributed by atoms with E-state index in [4.69, 9.17) is 16.3 Å². The first-order chi connectivity index (χ1) is 5.72. The normalized spacial score (nSPS) is 25.7. The number of hydrogen-bond acceptors (Lipinski definition) is 2. The number of rotatable bonds is 3. The second-order valence-electron chi connectivity index (χ2n) is 3.30. The predicted molar refractivity (Wildman–Crippen MR) is 51.7 cm³/mol. The van der Waals surface area contributed by atoms with Gasteiger partial charge in [-0.3, -0.25) is 4.90 Å². The molecule has 0 spiro atoms. The molecular formula is C9H16ClNO. The molecule has 0 N–H and O–H groups in total. The zero-order chi connectivity index (χ0) is 8.97. The van der Waals surface area contributed by atoms with Crippen molar-refractivity contribution in [1.82, 2.24) is 4.90 Å². The van der Waals surface area contributed by atoms with Gasteiger partial charge in [0.25, 0.3) is 0 Å². The van der Waals surface area contributed by atoms with Crippen LogP contribution in [0.2, 0.25) is 0 Å². The minimum Gasteiger partial charge on any atom is -0.376 e. The van der Waals surface area contributed by atoms with Gasteiger partial charge in [-0.15, -0.1) is 11.6 Å². The summed E-state index contributed by atoms with van der Waals surface area (Å²) in [5.74, 6) is 0.561. The molecule has 0 aromatic carbocycles. The third-order valence-corrected chi connectivity index (χ3v) is 2.34. The topological polar surface area (TPSA) is 12.5 Å². The maximum atomic E-state index is 5.65. The van der Waals surface area contributed by atoms with Crippen molar-refractivity contribution in [3.63, 3.8) is 0 Å². The van der Waals surface area contributed by atoms with Crippen molar-refractivity contribution in [3.05, 3.63) is 12.2 Å². The highest BCUT2D eigenvalue weighted by molar-refractivity contribution is 6.19. The third-order valence-electron chi connectivity index (χ3n) is 1.96. The molecular weight excluding hydrogens is 174 g/mol. The zero-order valence-corrected chi connectivity index (χ0v) is 8.31. The number of hydrogen-bond donors (Lipinski definition) is 0. The molecule has 0 aliphatic carbocycles. The van der Waals surface area contributed by atoms with Crippen molar-refractivity contribution in [2.75, 3.05) is 32.1 Å². The smallest absolute Gasteiger partial charge is 0.0674 e. The molecule has 2 nitrogen and oxygen atoms in total. The van der Waals surface area contributed by atoms with Gasteiger partial charge < -0.3 is 4.74 Å².